The third-order valence-corrected chi connectivity index (χ3v) is 7.86. The van der Waals surface area contributed by atoms with E-state index in [1.54, 1.807) is 11.8 Å². The van der Waals surface area contributed by atoms with Crippen LogP contribution in [0.4, 0.5) is 0 Å². The number of aliphatic carboxylic acids is 1. The van der Waals surface area contributed by atoms with Gasteiger partial charge in [-0.15, -0.1) is 23.1 Å². The largest absolute Gasteiger partial charge is 0.479 e. The first-order valence-electron chi connectivity index (χ1n) is 12.0. The van der Waals surface area contributed by atoms with Crippen LogP contribution in [0.25, 0.3) is 16.7 Å². The zero-order valence-corrected chi connectivity index (χ0v) is 22.4. The summed E-state index contributed by atoms with van der Waals surface area (Å²) < 4.78 is 5.69. The summed E-state index contributed by atoms with van der Waals surface area (Å²) in [6.07, 6.45) is 1.90. The first kappa shape index (κ1) is 25.8. The summed E-state index contributed by atoms with van der Waals surface area (Å²) >= 11 is 3.57. The third-order valence-electron chi connectivity index (χ3n) is 5.91. The normalized spacial score (nSPS) is 12.4. The summed E-state index contributed by atoms with van der Waals surface area (Å²) in [4.78, 5) is 15.0. The number of thiophene rings is 1. The molecule has 1 atom stereocenters. The third kappa shape index (κ3) is 6.48. The molecule has 0 aliphatic rings. The van der Waals surface area contributed by atoms with E-state index < -0.39 is 12.1 Å². The minimum Gasteiger partial charge on any atom is -0.479 e. The molecule has 184 valence electrons. The molecule has 4 rings (SSSR count). The van der Waals surface area contributed by atoms with Gasteiger partial charge in [-0.3, -0.25) is 0 Å². The molecule has 0 radical (unpaired) electrons. The highest BCUT2D eigenvalue weighted by Gasteiger charge is 2.17. The zero-order chi connectivity index (χ0) is 25.5. The lowest BCUT2D eigenvalue weighted by Gasteiger charge is -2.15. The Balaban J connectivity index is 1.52. The predicted octanol–water partition coefficient (Wildman–Crippen LogP) is 8.50. The van der Waals surface area contributed by atoms with E-state index >= 15 is 0 Å². The number of hydrogen-bond donors (Lipinski definition) is 1. The van der Waals surface area contributed by atoms with E-state index in [0.29, 0.717) is 12.2 Å². The smallest absolute Gasteiger partial charge is 0.344 e. The molecule has 3 nitrogen and oxygen atoms in total. The maximum absolute atomic E-state index is 11.3. The molecular formula is C31H30O3S2. The fourth-order valence-electron chi connectivity index (χ4n) is 3.94. The van der Waals surface area contributed by atoms with Crippen molar-refractivity contribution in [1.82, 2.24) is 0 Å². The zero-order valence-electron chi connectivity index (χ0n) is 20.7. The number of benzene rings is 3. The lowest BCUT2D eigenvalue weighted by atomic mass is 9.99. The highest BCUT2D eigenvalue weighted by Crippen LogP contribution is 2.33. The van der Waals surface area contributed by atoms with Crippen LogP contribution in [0.5, 0.6) is 5.75 Å². The van der Waals surface area contributed by atoms with E-state index in [4.69, 9.17) is 4.74 Å². The number of carboxylic acids is 1. The lowest BCUT2D eigenvalue weighted by Crippen LogP contribution is -2.26. The fraction of sp³-hybridized carbons (Fsp3) is 0.194. The molecule has 1 N–H and O–H groups in total. The quantitative estimate of drug-likeness (QED) is 0.216. The van der Waals surface area contributed by atoms with Crippen LogP contribution in [0.15, 0.2) is 95.9 Å². The Morgan fingerprint density at radius 3 is 2.31 bits per heavy atom. The summed E-state index contributed by atoms with van der Waals surface area (Å²) in [5.74, 6) is 0.505. The Morgan fingerprint density at radius 1 is 0.972 bits per heavy atom. The van der Waals surface area contributed by atoms with E-state index in [2.05, 4.69) is 79.7 Å². The van der Waals surface area contributed by atoms with Gasteiger partial charge >= 0.3 is 5.97 Å². The van der Waals surface area contributed by atoms with Crippen LogP contribution in [0.1, 0.15) is 34.2 Å². The number of thioether (sulfide) groups is 1. The molecule has 0 spiro atoms. The molecular weight excluding hydrogens is 484 g/mol. The maximum Gasteiger partial charge on any atom is 0.344 e. The van der Waals surface area contributed by atoms with E-state index in [1.165, 1.54) is 32.0 Å². The van der Waals surface area contributed by atoms with Gasteiger partial charge in [0.25, 0.3) is 0 Å². The highest BCUT2D eigenvalue weighted by molar-refractivity contribution is 7.99. The van der Waals surface area contributed by atoms with E-state index in [0.717, 1.165) is 16.2 Å². The van der Waals surface area contributed by atoms with Gasteiger partial charge in [0.05, 0.1) is 0 Å². The van der Waals surface area contributed by atoms with Gasteiger partial charge in [0.2, 0.25) is 0 Å². The summed E-state index contributed by atoms with van der Waals surface area (Å²) in [6.45, 7) is 5.91. The van der Waals surface area contributed by atoms with Gasteiger partial charge in [0.1, 0.15) is 5.75 Å². The van der Waals surface area contributed by atoms with Crippen molar-refractivity contribution >= 4 is 34.6 Å². The molecule has 0 saturated heterocycles. The minimum absolute atomic E-state index is 0.424. The molecule has 0 fully saturated rings. The van der Waals surface area contributed by atoms with Gasteiger partial charge < -0.3 is 9.84 Å². The monoisotopic (exact) mass is 514 g/mol. The van der Waals surface area contributed by atoms with Crippen LogP contribution < -0.4 is 4.74 Å². The molecule has 1 aromatic heterocycles. The summed E-state index contributed by atoms with van der Waals surface area (Å²) in [7, 11) is 0. The van der Waals surface area contributed by atoms with Crippen molar-refractivity contribution in [1.29, 1.82) is 0 Å². The van der Waals surface area contributed by atoms with Crippen molar-refractivity contribution in [2.45, 2.75) is 38.2 Å². The Hall–Kier alpha value is -3.28. The number of carboxylic acid groups (broad SMARTS) is 1. The van der Waals surface area contributed by atoms with Gasteiger partial charge in [-0.1, -0.05) is 67.6 Å². The Morgan fingerprint density at radius 2 is 1.69 bits per heavy atom. The second-order valence-corrected chi connectivity index (χ2v) is 10.9. The van der Waals surface area contributed by atoms with Crippen LogP contribution in [0.3, 0.4) is 0 Å². The van der Waals surface area contributed by atoms with Crippen molar-refractivity contribution in [2.24, 2.45) is 0 Å². The van der Waals surface area contributed by atoms with Gasteiger partial charge in [0.15, 0.2) is 6.10 Å². The molecule has 1 heterocycles. The summed E-state index contributed by atoms with van der Waals surface area (Å²) in [5, 5.41) is 9.28. The van der Waals surface area contributed by atoms with Crippen LogP contribution in [-0.2, 0) is 4.79 Å². The predicted molar refractivity (Wildman–Crippen MR) is 152 cm³/mol. The number of ether oxygens (including phenoxy) is 1. The molecule has 0 saturated carbocycles. The van der Waals surface area contributed by atoms with E-state index in [-0.39, 0.29) is 0 Å². The number of carbonyl (C=O) groups is 1. The molecule has 0 amide bonds. The summed E-state index contributed by atoms with van der Waals surface area (Å²) in [5.41, 5.74) is 5.81. The summed E-state index contributed by atoms with van der Waals surface area (Å²) in [6, 6.07) is 29.5. The molecule has 0 aliphatic carbocycles. The molecule has 1 unspecified atom stereocenters. The lowest BCUT2D eigenvalue weighted by molar-refractivity contribution is -0.145. The Kier molecular flexibility index (Phi) is 8.68. The van der Waals surface area contributed by atoms with E-state index in [9.17, 15) is 9.90 Å². The number of hydrogen-bond acceptors (Lipinski definition) is 4. The first-order chi connectivity index (χ1) is 17.4. The minimum atomic E-state index is -0.936. The molecule has 4 aromatic rings. The average molecular weight is 515 g/mol. The first-order valence-corrected chi connectivity index (χ1v) is 13.8. The van der Waals surface area contributed by atoms with Crippen LogP contribution in [0, 0.1) is 13.8 Å². The highest BCUT2D eigenvalue weighted by atomic mass is 32.2. The molecule has 0 aliphatic heterocycles. The van der Waals surface area contributed by atoms with E-state index in [1.807, 2.05) is 43.4 Å². The van der Waals surface area contributed by atoms with Crippen molar-refractivity contribution in [2.75, 3.05) is 5.75 Å². The maximum atomic E-state index is 11.3. The average Bonchev–Trinajstić information content (AvgIpc) is 3.32. The van der Waals surface area contributed by atoms with Crippen molar-refractivity contribution < 1.29 is 14.6 Å². The van der Waals surface area contributed by atoms with Crippen molar-refractivity contribution in [3.8, 4) is 16.9 Å². The van der Waals surface area contributed by atoms with Crippen LogP contribution in [0.2, 0.25) is 0 Å². The molecule has 3 aromatic carbocycles. The van der Waals surface area contributed by atoms with Crippen LogP contribution in [-0.4, -0.2) is 22.9 Å². The topological polar surface area (TPSA) is 46.5 Å². The van der Waals surface area contributed by atoms with Gasteiger partial charge in [-0.2, -0.15) is 0 Å². The number of rotatable bonds is 10. The molecule has 36 heavy (non-hydrogen) atoms. The van der Waals surface area contributed by atoms with Crippen LogP contribution >= 0.6 is 23.1 Å². The molecule has 0 bridgehead atoms. The number of aryl methyl sites for hydroxylation is 2. The fourth-order valence-corrected chi connectivity index (χ4v) is 5.74. The van der Waals surface area contributed by atoms with Gasteiger partial charge in [0, 0.05) is 20.4 Å². The Bertz CT molecular complexity index is 1340. The van der Waals surface area contributed by atoms with Crippen molar-refractivity contribution in [3.63, 3.8) is 0 Å². The van der Waals surface area contributed by atoms with Crippen molar-refractivity contribution in [3.05, 3.63) is 112 Å². The second kappa shape index (κ2) is 12.1. The SMILES string of the molecule is CCC(Oc1ccc(SC/C=C(/c2ccc(-c3ccccc3)cc2)c2ccc(C)s2)cc1C)C(=O)O. The van der Waals surface area contributed by atoms with Gasteiger partial charge in [-0.25, -0.2) is 4.79 Å². The molecule has 5 heteroatoms. The second-order valence-electron chi connectivity index (χ2n) is 8.56. The standard InChI is InChI=1S/C31H30O3S2/c1-4-28(31(32)33)34-29-16-15-26(20-21(29)2)35-19-18-27(30-17-10-22(3)36-30)25-13-11-24(12-14-25)23-8-6-5-7-9-23/h5-18,20,28H,4,19H2,1-3H3,(H,32,33)/b27-18-. The van der Waals surface area contributed by atoms with Gasteiger partial charge in [-0.05, 0) is 78.4 Å². The Labute approximate surface area is 221 Å².